The van der Waals surface area contributed by atoms with Gasteiger partial charge < -0.3 is 19.4 Å². The molecule has 7 rings (SSSR count). The monoisotopic (exact) mass is 557 g/mol. The second-order valence-electron chi connectivity index (χ2n) is 11.8. The number of hydrogen-bond donors (Lipinski definition) is 0. The van der Waals surface area contributed by atoms with Crippen molar-refractivity contribution in [1.29, 1.82) is 0 Å². The lowest BCUT2D eigenvalue weighted by atomic mass is 10.0. The molecule has 0 radical (unpaired) electrons. The van der Waals surface area contributed by atoms with Crippen LogP contribution in [0.4, 0.5) is 11.5 Å². The normalized spacial score (nSPS) is 25.9. The number of allylic oxidation sites excluding steroid dienone is 1. The summed E-state index contributed by atoms with van der Waals surface area (Å²) in [7, 11) is 2.16. The minimum atomic E-state index is 0.125. The number of carbonyl (C=O) groups excluding carboxylic acids is 1. The number of likely N-dealkylation sites (N-methyl/N-ethyl adjacent to an activating group) is 1. The summed E-state index contributed by atoms with van der Waals surface area (Å²) in [6.45, 7) is 8.71. The summed E-state index contributed by atoms with van der Waals surface area (Å²) in [5.41, 5.74) is 3.36. The van der Waals surface area contributed by atoms with Crippen LogP contribution >= 0.6 is 11.6 Å². The lowest BCUT2D eigenvalue weighted by molar-refractivity contribution is -0.116. The molecule has 3 aromatic rings. The van der Waals surface area contributed by atoms with Gasteiger partial charge in [0.25, 0.3) is 0 Å². The summed E-state index contributed by atoms with van der Waals surface area (Å²) in [6.07, 6.45) is 5.69. The van der Waals surface area contributed by atoms with Crippen molar-refractivity contribution in [2.75, 3.05) is 49.6 Å². The predicted molar refractivity (Wildman–Crippen MR) is 159 cm³/mol. The van der Waals surface area contributed by atoms with Gasteiger partial charge in [0, 0.05) is 48.2 Å². The van der Waals surface area contributed by atoms with Gasteiger partial charge in [0.1, 0.15) is 12.4 Å². The third-order valence-electron chi connectivity index (χ3n) is 9.60. The number of fused-ring (bicyclic) bond motifs is 3. The van der Waals surface area contributed by atoms with E-state index in [1.54, 1.807) is 0 Å². The standard InChI is InChI=1S/C32H36ClN5O2/c1-3-28(39)30-22-12-16-38(17-24(22)30)31-23-13-15-37(27-11-5-8-20-7-4-10-25(33)29(20)27)18-26(23)34-32(35-31)40-19-21-9-6-14-36(21)2/h3-5,7-8,10-11,21-22,24,30H,1,6,9,12-19H2,2H3/t21-,22-,24+,30+/m0/s1. The Bertz CT molecular complexity index is 1470. The maximum absolute atomic E-state index is 12.4. The first kappa shape index (κ1) is 25.8. The van der Waals surface area contributed by atoms with Crippen molar-refractivity contribution in [2.45, 2.75) is 38.3 Å². The molecule has 4 aliphatic rings. The first-order valence-corrected chi connectivity index (χ1v) is 15.0. The molecule has 1 saturated carbocycles. The molecule has 2 saturated heterocycles. The third kappa shape index (κ3) is 4.53. The van der Waals surface area contributed by atoms with Gasteiger partial charge in [-0.3, -0.25) is 4.79 Å². The maximum atomic E-state index is 12.4. The molecule has 3 fully saturated rings. The minimum Gasteiger partial charge on any atom is -0.462 e. The maximum Gasteiger partial charge on any atom is 0.318 e. The molecule has 1 aromatic heterocycles. The molecule has 0 spiro atoms. The highest BCUT2D eigenvalue weighted by Gasteiger charge is 2.55. The van der Waals surface area contributed by atoms with Gasteiger partial charge in [-0.2, -0.15) is 9.97 Å². The summed E-state index contributed by atoms with van der Waals surface area (Å²) in [5, 5.41) is 2.99. The number of rotatable bonds is 7. The highest BCUT2D eigenvalue weighted by Crippen LogP contribution is 2.53. The van der Waals surface area contributed by atoms with Crippen molar-refractivity contribution in [3.05, 3.63) is 65.3 Å². The first-order chi connectivity index (χ1) is 19.5. The molecule has 208 valence electrons. The average molecular weight is 558 g/mol. The van der Waals surface area contributed by atoms with E-state index in [4.69, 9.17) is 26.3 Å². The molecular formula is C32H36ClN5O2. The van der Waals surface area contributed by atoms with E-state index in [1.165, 1.54) is 18.1 Å². The van der Waals surface area contributed by atoms with Crippen LogP contribution in [0.2, 0.25) is 5.02 Å². The molecule has 0 bridgehead atoms. The van der Waals surface area contributed by atoms with E-state index in [0.29, 0.717) is 37.0 Å². The van der Waals surface area contributed by atoms with Gasteiger partial charge in [-0.1, -0.05) is 42.4 Å². The zero-order chi connectivity index (χ0) is 27.4. The van der Waals surface area contributed by atoms with Gasteiger partial charge in [-0.25, -0.2) is 0 Å². The Morgan fingerprint density at radius 2 is 1.95 bits per heavy atom. The Morgan fingerprint density at radius 3 is 2.75 bits per heavy atom. The Kier molecular flexibility index (Phi) is 6.67. The molecule has 4 heterocycles. The number of carbonyl (C=O) groups is 1. The summed E-state index contributed by atoms with van der Waals surface area (Å²) in [6, 6.07) is 13.3. The summed E-state index contributed by atoms with van der Waals surface area (Å²) >= 11 is 6.70. The highest BCUT2D eigenvalue weighted by molar-refractivity contribution is 6.36. The molecule has 1 aliphatic carbocycles. The van der Waals surface area contributed by atoms with Crippen LogP contribution in [0.5, 0.6) is 6.01 Å². The average Bonchev–Trinajstić information content (AvgIpc) is 3.56. The smallest absolute Gasteiger partial charge is 0.318 e. The molecule has 0 amide bonds. The Labute approximate surface area is 240 Å². The number of piperidine rings is 1. The number of likely N-dealkylation sites (tertiary alicyclic amines) is 1. The van der Waals surface area contributed by atoms with Crippen LogP contribution < -0.4 is 14.5 Å². The fraction of sp³-hybridized carbons (Fsp3) is 0.469. The molecule has 8 heteroatoms. The lowest BCUT2D eigenvalue weighted by Gasteiger charge is -2.35. The van der Waals surface area contributed by atoms with Gasteiger partial charge in [0.15, 0.2) is 5.78 Å². The second kappa shape index (κ2) is 10.3. The predicted octanol–water partition coefficient (Wildman–Crippen LogP) is 5.15. The van der Waals surface area contributed by atoms with Crippen LogP contribution in [0.25, 0.3) is 10.8 Å². The zero-order valence-electron chi connectivity index (χ0n) is 23.1. The number of nitrogens with zero attached hydrogens (tertiary/aromatic N) is 5. The zero-order valence-corrected chi connectivity index (χ0v) is 23.8. The molecule has 7 nitrogen and oxygen atoms in total. The Hall–Kier alpha value is -3.16. The molecule has 4 atom stereocenters. The molecule has 0 unspecified atom stereocenters. The number of ketones is 1. The SMILES string of the molecule is C=CC(=O)[C@H]1[C@@H]2CN(c3nc(OC[C@@H]4CCCN4C)nc4c3CCN(c3cccc5cccc(Cl)c35)C4)CC[C@@H]21. The number of benzene rings is 2. The molecule has 40 heavy (non-hydrogen) atoms. The van der Waals surface area contributed by atoms with E-state index < -0.39 is 0 Å². The van der Waals surface area contributed by atoms with Crippen molar-refractivity contribution in [3.63, 3.8) is 0 Å². The molecule has 2 aromatic carbocycles. The number of halogens is 1. The molecular weight excluding hydrogens is 522 g/mol. The van der Waals surface area contributed by atoms with Crippen LogP contribution in [0.15, 0.2) is 49.1 Å². The van der Waals surface area contributed by atoms with E-state index in [1.807, 2.05) is 12.1 Å². The van der Waals surface area contributed by atoms with Gasteiger partial charge >= 0.3 is 6.01 Å². The van der Waals surface area contributed by atoms with Gasteiger partial charge in [-0.15, -0.1) is 0 Å². The van der Waals surface area contributed by atoms with Gasteiger partial charge in [-0.05, 0) is 74.7 Å². The summed E-state index contributed by atoms with van der Waals surface area (Å²) in [5.74, 6) is 2.18. The summed E-state index contributed by atoms with van der Waals surface area (Å²) in [4.78, 5) is 29.6. The molecule has 0 N–H and O–H groups in total. The van der Waals surface area contributed by atoms with Crippen molar-refractivity contribution >= 4 is 39.7 Å². The highest BCUT2D eigenvalue weighted by atomic mass is 35.5. The largest absolute Gasteiger partial charge is 0.462 e. The van der Waals surface area contributed by atoms with Gasteiger partial charge in [0.2, 0.25) is 0 Å². The van der Waals surface area contributed by atoms with Crippen molar-refractivity contribution in [3.8, 4) is 6.01 Å². The van der Waals surface area contributed by atoms with Crippen LogP contribution in [0, 0.1) is 17.8 Å². The van der Waals surface area contributed by atoms with Crippen molar-refractivity contribution in [1.82, 2.24) is 14.9 Å². The van der Waals surface area contributed by atoms with Crippen molar-refractivity contribution in [2.24, 2.45) is 17.8 Å². The number of anilines is 2. The van der Waals surface area contributed by atoms with Crippen LogP contribution in [0.1, 0.15) is 30.5 Å². The number of aromatic nitrogens is 2. The van der Waals surface area contributed by atoms with E-state index in [9.17, 15) is 4.79 Å². The van der Waals surface area contributed by atoms with E-state index in [0.717, 1.165) is 78.4 Å². The van der Waals surface area contributed by atoms with Crippen molar-refractivity contribution < 1.29 is 9.53 Å². The Morgan fingerprint density at radius 1 is 1.10 bits per heavy atom. The lowest BCUT2D eigenvalue weighted by Crippen LogP contribution is -2.37. The fourth-order valence-corrected chi connectivity index (χ4v) is 7.59. The van der Waals surface area contributed by atoms with Crippen LogP contribution in [-0.2, 0) is 17.8 Å². The Balaban J connectivity index is 1.21. The number of ether oxygens (including phenoxy) is 1. The quantitative estimate of drug-likeness (QED) is 0.372. The third-order valence-corrected chi connectivity index (χ3v) is 9.91. The minimum absolute atomic E-state index is 0.125. The van der Waals surface area contributed by atoms with Gasteiger partial charge in [0.05, 0.1) is 17.3 Å². The van der Waals surface area contributed by atoms with Crippen LogP contribution in [0.3, 0.4) is 0 Å². The first-order valence-electron chi connectivity index (χ1n) is 14.6. The van der Waals surface area contributed by atoms with E-state index in [-0.39, 0.29) is 11.7 Å². The number of hydrogen-bond acceptors (Lipinski definition) is 7. The van der Waals surface area contributed by atoms with E-state index >= 15 is 0 Å². The molecule has 3 aliphatic heterocycles. The fourth-order valence-electron chi connectivity index (χ4n) is 7.31. The second-order valence-corrected chi connectivity index (χ2v) is 12.2. The summed E-state index contributed by atoms with van der Waals surface area (Å²) < 4.78 is 6.30. The topological polar surface area (TPSA) is 61.8 Å². The van der Waals surface area contributed by atoms with E-state index in [2.05, 4.69) is 52.6 Å². The van der Waals surface area contributed by atoms with Crippen LogP contribution in [-0.4, -0.2) is 66.5 Å².